The molecule has 0 radical (unpaired) electrons. The predicted octanol–water partition coefficient (Wildman–Crippen LogP) is 2.11. The minimum atomic E-state index is -2.73. The molecule has 0 saturated carbocycles. The lowest BCUT2D eigenvalue weighted by Gasteiger charge is -2.33. The number of alkyl halides is 2. The van der Waals surface area contributed by atoms with E-state index in [-0.39, 0.29) is 28.9 Å². The number of hydrogen-bond donors (Lipinski definition) is 0. The summed E-state index contributed by atoms with van der Waals surface area (Å²) in [6.07, 6.45) is -1.39. The maximum atomic E-state index is 13.3. The fourth-order valence-corrected chi connectivity index (χ4v) is 2.57. The lowest BCUT2D eigenvalue weighted by atomic mass is 10.2. The Morgan fingerprint density at radius 3 is 2.67 bits per heavy atom. The first-order chi connectivity index (χ1) is 11.5. The molecule has 1 aliphatic heterocycles. The van der Waals surface area contributed by atoms with E-state index < -0.39 is 6.43 Å². The normalized spacial score (nSPS) is 18.2. The third kappa shape index (κ3) is 3.30. The summed E-state index contributed by atoms with van der Waals surface area (Å²) in [5.74, 6) is 1.34. The second-order valence-electron chi connectivity index (χ2n) is 5.64. The van der Waals surface area contributed by atoms with Gasteiger partial charge in [0.25, 0.3) is 6.43 Å². The van der Waals surface area contributed by atoms with Crippen molar-refractivity contribution < 1.29 is 13.5 Å². The molecule has 0 aromatic carbocycles. The van der Waals surface area contributed by atoms with E-state index in [1.807, 2.05) is 11.8 Å². The smallest absolute Gasteiger partial charge is 0.281 e. The molecule has 0 spiro atoms. The Hall–Kier alpha value is -2.29. The van der Waals surface area contributed by atoms with E-state index in [1.54, 1.807) is 13.8 Å². The lowest BCUT2D eigenvalue weighted by molar-refractivity contribution is 0.0980. The second kappa shape index (κ2) is 6.68. The van der Waals surface area contributed by atoms with Crippen LogP contribution in [-0.4, -0.2) is 50.7 Å². The van der Waals surface area contributed by atoms with Gasteiger partial charge in [-0.15, -0.1) is 0 Å². The molecule has 3 heterocycles. The highest BCUT2D eigenvalue weighted by atomic mass is 19.3. The highest BCUT2D eigenvalue weighted by Crippen LogP contribution is 2.28. The number of halogens is 2. The molecular weight excluding hydrogens is 318 g/mol. The fraction of sp³-hybridized carbons (Fsp3) is 0.533. The van der Waals surface area contributed by atoms with E-state index in [4.69, 9.17) is 4.74 Å². The molecule has 1 aliphatic rings. The van der Waals surface area contributed by atoms with E-state index in [0.29, 0.717) is 31.5 Å². The number of rotatable bonds is 3. The number of morpholine rings is 1. The van der Waals surface area contributed by atoms with Gasteiger partial charge in [0.1, 0.15) is 17.3 Å². The van der Waals surface area contributed by atoms with E-state index >= 15 is 0 Å². The first kappa shape index (κ1) is 16.6. The van der Waals surface area contributed by atoms with Crippen LogP contribution >= 0.6 is 0 Å². The van der Waals surface area contributed by atoms with Crippen molar-refractivity contribution in [3.8, 4) is 11.4 Å². The molecule has 9 heteroatoms. The molecular formula is C15H18F2N6O. The minimum absolute atomic E-state index is 0.0947. The zero-order valence-corrected chi connectivity index (χ0v) is 13.7. The zero-order chi connectivity index (χ0) is 17.3. The van der Waals surface area contributed by atoms with Gasteiger partial charge >= 0.3 is 0 Å². The Balaban J connectivity index is 2.06. The van der Waals surface area contributed by atoms with Gasteiger partial charge in [-0.1, -0.05) is 0 Å². The number of nitrogens with zero attached hydrogens (tertiary/aromatic N) is 6. The summed E-state index contributed by atoms with van der Waals surface area (Å²) < 4.78 is 32.1. The van der Waals surface area contributed by atoms with Crippen LogP contribution < -0.4 is 4.90 Å². The van der Waals surface area contributed by atoms with Gasteiger partial charge in [-0.25, -0.2) is 23.7 Å². The van der Waals surface area contributed by atoms with Gasteiger partial charge in [0, 0.05) is 12.7 Å². The largest absolute Gasteiger partial charge is 0.377 e. The number of aryl methyl sites for hydroxylation is 2. The van der Waals surface area contributed by atoms with Gasteiger partial charge in [-0.2, -0.15) is 9.97 Å². The molecule has 0 amide bonds. The van der Waals surface area contributed by atoms with E-state index in [2.05, 4.69) is 24.9 Å². The summed E-state index contributed by atoms with van der Waals surface area (Å²) in [5.41, 5.74) is -0.239. The van der Waals surface area contributed by atoms with Crippen LogP contribution in [0.25, 0.3) is 11.4 Å². The van der Waals surface area contributed by atoms with Gasteiger partial charge in [0.2, 0.25) is 5.95 Å². The van der Waals surface area contributed by atoms with Gasteiger partial charge in [-0.3, -0.25) is 0 Å². The third-order valence-corrected chi connectivity index (χ3v) is 3.75. The molecule has 1 saturated heterocycles. The summed E-state index contributed by atoms with van der Waals surface area (Å²) in [6, 6.07) is 0.0947. The molecule has 0 N–H and O–H groups in total. The van der Waals surface area contributed by atoms with Crippen LogP contribution in [0, 0.1) is 13.8 Å². The zero-order valence-electron chi connectivity index (χ0n) is 13.7. The molecule has 128 valence electrons. The van der Waals surface area contributed by atoms with Crippen LogP contribution in [-0.2, 0) is 4.74 Å². The molecule has 2 aromatic rings. The molecule has 1 atom stereocenters. The molecule has 0 aliphatic carbocycles. The van der Waals surface area contributed by atoms with Crippen molar-refractivity contribution in [1.29, 1.82) is 0 Å². The van der Waals surface area contributed by atoms with Crippen molar-refractivity contribution in [2.24, 2.45) is 0 Å². The Morgan fingerprint density at radius 2 is 1.96 bits per heavy atom. The monoisotopic (exact) mass is 336 g/mol. The Kier molecular flexibility index (Phi) is 4.61. The maximum Gasteiger partial charge on any atom is 0.281 e. The van der Waals surface area contributed by atoms with Crippen LogP contribution in [0.2, 0.25) is 0 Å². The van der Waals surface area contributed by atoms with Crippen molar-refractivity contribution in [3.05, 3.63) is 23.5 Å². The fourth-order valence-electron chi connectivity index (χ4n) is 2.57. The Labute approximate surface area is 138 Å². The summed E-state index contributed by atoms with van der Waals surface area (Å²) >= 11 is 0. The number of aromatic nitrogens is 5. The van der Waals surface area contributed by atoms with E-state index in [1.165, 1.54) is 6.20 Å². The summed E-state index contributed by atoms with van der Waals surface area (Å²) in [7, 11) is 0. The van der Waals surface area contributed by atoms with Crippen molar-refractivity contribution in [1.82, 2.24) is 24.9 Å². The molecule has 2 aromatic heterocycles. The van der Waals surface area contributed by atoms with Gasteiger partial charge < -0.3 is 9.64 Å². The molecule has 3 rings (SSSR count). The summed E-state index contributed by atoms with van der Waals surface area (Å²) in [5, 5.41) is 0. The SMILES string of the molecule is Cc1nc(-c2cnc(C)nc2C(F)F)nc(N2CCOCC2C)n1. The van der Waals surface area contributed by atoms with Crippen molar-refractivity contribution in [2.45, 2.75) is 33.2 Å². The first-order valence-electron chi connectivity index (χ1n) is 7.65. The van der Waals surface area contributed by atoms with E-state index in [9.17, 15) is 8.78 Å². The van der Waals surface area contributed by atoms with Crippen LogP contribution in [0.15, 0.2) is 6.20 Å². The number of ether oxygens (including phenoxy) is 1. The third-order valence-electron chi connectivity index (χ3n) is 3.75. The molecule has 1 unspecified atom stereocenters. The van der Waals surface area contributed by atoms with Crippen LogP contribution in [0.5, 0.6) is 0 Å². The molecule has 0 bridgehead atoms. The van der Waals surface area contributed by atoms with E-state index in [0.717, 1.165) is 0 Å². The maximum absolute atomic E-state index is 13.3. The van der Waals surface area contributed by atoms with Gasteiger partial charge in [-0.05, 0) is 20.8 Å². The van der Waals surface area contributed by atoms with Crippen LogP contribution in [0.4, 0.5) is 14.7 Å². The highest BCUT2D eigenvalue weighted by Gasteiger charge is 2.24. The van der Waals surface area contributed by atoms with Crippen LogP contribution in [0.1, 0.15) is 30.7 Å². The van der Waals surface area contributed by atoms with Crippen LogP contribution in [0.3, 0.4) is 0 Å². The summed E-state index contributed by atoms with van der Waals surface area (Å²) in [4.78, 5) is 22.8. The quantitative estimate of drug-likeness (QED) is 0.849. The Morgan fingerprint density at radius 1 is 1.17 bits per heavy atom. The highest BCUT2D eigenvalue weighted by molar-refractivity contribution is 5.58. The predicted molar refractivity (Wildman–Crippen MR) is 82.9 cm³/mol. The van der Waals surface area contributed by atoms with Crippen molar-refractivity contribution in [3.63, 3.8) is 0 Å². The minimum Gasteiger partial charge on any atom is -0.377 e. The van der Waals surface area contributed by atoms with Crippen molar-refractivity contribution in [2.75, 3.05) is 24.7 Å². The average Bonchev–Trinajstić information content (AvgIpc) is 2.54. The van der Waals surface area contributed by atoms with Gasteiger partial charge in [0.15, 0.2) is 5.82 Å². The van der Waals surface area contributed by atoms with Gasteiger partial charge in [0.05, 0.1) is 24.8 Å². The lowest BCUT2D eigenvalue weighted by Crippen LogP contribution is -2.44. The Bertz CT molecular complexity index is 742. The average molecular weight is 336 g/mol. The summed E-state index contributed by atoms with van der Waals surface area (Å²) in [6.45, 7) is 7.04. The number of hydrogen-bond acceptors (Lipinski definition) is 7. The molecule has 7 nitrogen and oxygen atoms in total. The number of anilines is 1. The molecule has 1 fully saturated rings. The first-order valence-corrected chi connectivity index (χ1v) is 7.65. The van der Waals surface area contributed by atoms with Crippen molar-refractivity contribution >= 4 is 5.95 Å². The standard InChI is InChI=1S/C15H18F2N6O/c1-8-7-24-5-4-23(8)15-21-10(3)20-14(22-15)11-6-18-9(2)19-12(11)13(16)17/h6,8,13H,4-5,7H2,1-3H3. The topological polar surface area (TPSA) is 76.9 Å². The molecule has 24 heavy (non-hydrogen) atoms. The second-order valence-corrected chi connectivity index (χ2v) is 5.64.